The molecule has 0 atom stereocenters. The summed E-state index contributed by atoms with van der Waals surface area (Å²) >= 11 is 3.36. The highest BCUT2D eigenvalue weighted by Gasteiger charge is 2.03. The molecule has 1 heterocycles. The lowest BCUT2D eigenvalue weighted by Crippen LogP contribution is -2.24. The molecule has 1 N–H and O–H groups in total. The SMILES string of the molecule is CCCSCCNC(=O)c1cccs1. The van der Waals surface area contributed by atoms with E-state index in [1.165, 1.54) is 23.5 Å². The first-order valence-electron chi connectivity index (χ1n) is 4.74. The molecule has 1 aromatic rings. The van der Waals surface area contributed by atoms with Crippen molar-refractivity contribution in [2.45, 2.75) is 13.3 Å². The van der Waals surface area contributed by atoms with E-state index in [1.54, 1.807) is 0 Å². The molecule has 4 heteroatoms. The number of hydrogen-bond acceptors (Lipinski definition) is 3. The van der Waals surface area contributed by atoms with Gasteiger partial charge >= 0.3 is 0 Å². The van der Waals surface area contributed by atoms with Crippen LogP contribution in [0.15, 0.2) is 17.5 Å². The van der Waals surface area contributed by atoms with Gasteiger partial charge in [-0.1, -0.05) is 13.0 Å². The number of nitrogens with one attached hydrogen (secondary N) is 1. The van der Waals surface area contributed by atoms with Crippen LogP contribution in [0.25, 0.3) is 0 Å². The minimum Gasteiger partial charge on any atom is -0.351 e. The van der Waals surface area contributed by atoms with Gasteiger partial charge in [0.2, 0.25) is 0 Å². The Kier molecular flexibility index (Phi) is 5.71. The van der Waals surface area contributed by atoms with E-state index in [1.807, 2.05) is 29.3 Å². The molecule has 0 unspecified atom stereocenters. The molecule has 0 aromatic carbocycles. The molecule has 0 aliphatic carbocycles. The molecule has 1 aromatic heterocycles. The summed E-state index contributed by atoms with van der Waals surface area (Å²) in [6.45, 7) is 2.93. The molecule has 2 nitrogen and oxygen atoms in total. The van der Waals surface area contributed by atoms with Gasteiger partial charge in [0, 0.05) is 12.3 Å². The van der Waals surface area contributed by atoms with Gasteiger partial charge in [-0.2, -0.15) is 11.8 Å². The van der Waals surface area contributed by atoms with Crippen molar-refractivity contribution in [2.75, 3.05) is 18.1 Å². The van der Waals surface area contributed by atoms with Crippen molar-refractivity contribution in [3.05, 3.63) is 22.4 Å². The van der Waals surface area contributed by atoms with Gasteiger partial charge in [0.05, 0.1) is 4.88 Å². The standard InChI is InChI=1S/C10H15NOS2/c1-2-6-13-8-5-11-10(12)9-4-3-7-14-9/h3-4,7H,2,5-6,8H2,1H3,(H,11,12). The highest BCUT2D eigenvalue weighted by molar-refractivity contribution is 7.99. The summed E-state index contributed by atoms with van der Waals surface area (Å²) in [6, 6.07) is 3.74. The topological polar surface area (TPSA) is 29.1 Å². The second-order valence-electron chi connectivity index (χ2n) is 2.85. The van der Waals surface area contributed by atoms with Crippen molar-refractivity contribution in [3.63, 3.8) is 0 Å². The summed E-state index contributed by atoms with van der Waals surface area (Å²) < 4.78 is 0. The van der Waals surface area contributed by atoms with Gasteiger partial charge in [0.25, 0.3) is 5.91 Å². The molecule has 0 saturated heterocycles. The van der Waals surface area contributed by atoms with E-state index < -0.39 is 0 Å². The van der Waals surface area contributed by atoms with Crippen LogP contribution in [0.1, 0.15) is 23.0 Å². The Hall–Kier alpha value is -0.480. The van der Waals surface area contributed by atoms with E-state index in [0.717, 1.165) is 17.2 Å². The summed E-state index contributed by atoms with van der Waals surface area (Å²) in [6.07, 6.45) is 1.20. The Morgan fingerprint density at radius 1 is 1.57 bits per heavy atom. The summed E-state index contributed by atoms with van der Waals surface area (Å²) in [5.74, 6) is 2.23. The number of thioether (sulfide) groups is 1. The first-order chi connectivity index (χ1) is 6.84. The third kappa shape index (κ3) is 4.15. The maximum atomic E-state index is 11.4. The number of hydrogen-bond donors (Lipinski definition) is 1. The van der Waals surface area contributed by atoms with E-state index >= 15 is 0 Å². The first kappa shape index (κ1) is 11.6. The van der Waals surface area contributed by atoms with Crippen molar-refractivity contribution in [1.29, 1.82) is 0 Å². The molecule has 0 bridgehead atoms. The van der Waals surface area contributed by atoms with E-state index in [0.29, 0.717) is 0 Å². The number of carbonyl (C=O) groups excluding carboxylic acids is 1. The van der Waals surface area contributed by atoms with Gasteiger partial charge in [-0.3, -0.25) is 4.79 Å². The summed E-state index contributed by atoms with van der Waals surface area (Å²) in [5.41, 5.74) is 0. The average Bonchev–Trinajstić information content (AvgIpc) is 2.70. The van der Waals surface area contributed by atoms with Crippen LogP contribution in [0.3, 0.4) is 0 Å². The quantitative estimate of drug-likeness (QED) is 0.760. The third-order valence-corrected chi connectivity index (χ3v) is 3.68. The van der Waals surface area contributed by atoms with Crippen LogP contribution in [0, 0.1) is 0 Å². The molecule has 1 rings (SSSR count). The Balaban J connectivity index is 2.10. The zero-order valence-electron chi connectivity index (χ0n) is 8.29. The highest BCUT2D eigenvalue weighted by Crippen LogP contribution is 2.07. The van der Waals surface area contributed by atoms with E-state index in [2.05, 4.69) is 12.2 Å². The molecule has 0 saturated carbocycles. The molecule has 0 spiro atoms. The monoisotopic (exact) mass is 229 g/mol. The number of amides is 1. The summed E-state index contributed by atoms with van der Waals surface area (Å²) in [5, 5.41) is 4.81. The average molecular weight is 229 g/mol. The van der Waals surface area contributed by atoms with Crippen LogP contribution in [0.2, 0.25) is 0 Å². The van der Waals surface area contributed by atoms with E-state index in [9.17, 15) is 4.79 Å². The maximum absolute atomic E-state index is 11.4. The lowest BCUT2D eigenvalue weighted by molar-refractivity contribution is 0.0960. The molecule has 78 valence electrons. The molecule has 0 radical (unpaired) electrons. The van der Waals surface area contributed by atoms with Gasteiger partial charge in [0.15, 0.2) is 0 Å². The molecule has 1 amide bonds. The molecular weight excluding hydrogens is 214 g/mol. The van der Waals surface area contributed by atoms with Gasteiger partial charge in [-0.15, -0.1) is 11.3 Å². The van der Waals surface area contributed by atoms with Gasteiger partial charge in [0.1, 0.15) is 0 Å². The van der Waals surface area contributed by atoms with Crippen LogP contribution in [0.4, 0.5) is 0 Å². The van der Waals surface area contributed by atoms with Crippen molar-refractivity contribution >= 4 is 29.0 Å². The van der Waals surface area contributed by atoms with Crippen LogP contribution in [-0.2, 0) is 0 Å². The van der Waals surface area contributed by atoms with Crippen molar-refractivity contribution in [3.8, 4) is 0 Å². The lowest BCUT2D eigenvalue weighted by atomic mass is 10.4. The zero-order chi connectivity index (χ0) is 10.2. The van der Waals surface area contributed by atoms with Gasteiger partial charge in [-0.25, -0.2) is 0 Å². The molecular formula is C10H15NOS2. The van der Waals surface area contributed by atoms with Crippen LogP contribution in [0.5, 0.6) is 0 Å². The first-order valence-corrected chi connectivity index (χ1v) is 6.77. The van der Waals surface area contributed by atoms with Crippen molar-refractivity contribution < 1.29 is 4.79 Å². The Morgan fingerprint density at radius 2 is 2.43 bits per heavy atom. The maximum Gasteiger partial charge on any atom is 0.261 e. The minimum atomic E-state index is 0.0529. The minimum absolute atomic E-state index is 0.0529. The van der Waals surface area contributed by atoms with Crippen LogP contribution in [-0.4, -0.2) is 24.0 Å². The Bertz CT molecular complexity index is 259. The largest absolute Gasteiger partial charge is 0.351 e. The summed E-state index contributed by atoms with van der Waals surface area (Å²) in [7, 11) is 0. The van der Waals surface area contributed by atoms with Crippen LogP contribution < -0.4 is 5.32 Å². The van der Waals surface area contributed by atoms with Crippen LogP contribution >= 0.6 is 23.1 Å². The number of rotatable bonds is 6. The van der Waals surface area contributed by atoms with Gasteiger partial charge < -0.3 is 5.32 Å². The fourth-order valence-electron chi connectivity index (χ4n) is 0.978. The molecule has 0 fully saturated rings. The lowest BCUT2D eigenvalue weighted by Gasteiger charge is -2.02. The zero-order valence-corrected chi connectivity index (χ0v) is 9.92. The second-order valence-corrected chi connectivity index (χ2v) is 5.02. The number of carbonyl (C=O) groups is 1. The fraction of sp³-hybridized carbons (Fsp3) is 0.500. The predicted molar refractivity (Wildman–Crippen MR) is 64.3 cm³/mol. The molecule has 0 aliphatic rings. The Labute approximate surface area is 93.1 Å². The second kappa shape index (κ2) is 6.90. The third-order valence-electron chi connectivity index (χ3n) is 1.63. The number of thiophene rings is 1. The fourth-order valence-corrected chi connectivity index (χ4v) is 2.36. The van der Waals surface area contributed by atoms with Crippen molar-refractivity contribution in [1.82, 2.24) is 5.32 Å². The predicted octanol–water partition coefficient (Wildman–Crippen LogP) is 2.62. The molecule has 0 aliphatic heterocycles. The molecule has 14 heavy (non-hydrogen) atoms. The highest BCUT2D eigenvalue weighted by atomic mass is 32.2. The summed E-state index contributed by atoms with van der Waals surface area (Å²) in [4.78, 5) is 12.2. The smallest absolute Gasteiger partial charge is 0.261 e. The Morgan fingerprint density at radius 3 is 3.07 bits per heavy atom. The van der Waals surface area contributed by atoms with E-state index in [-0.39, 0.29) is 5.91 Å². The van der Waals surface area contributed by atoms with Gasteiger partial charge in [-0.05, 0) is 23.6 Å². The van der Waals surface area contributed by atoms with E-state index in [4.69, 9.17) is 0 Å². The van der Waals surface area contributed by atoms with Crippen molar-refractivity contribution in [2.24, 2.45) is 0 Å². The normalized spacial score (nSPS) is 10.1.